The molecule has 13 heteroatoms. The SMILES string of the molecule is Cn1c(Sc2ccc(C(F)(F)F)cc2[N+](=O)[O-])nnc1C(F)(F)F. The Balaban J connectivity index is 2.44. The van der Waals surface area contributed by atoms with Crippen LogP contribution in [0.15, 0.2) is 28.3 Å². The van der Waals surface area contributed by atoms with Crippen molar-refractivity contribution in [3.63, 3.8) is 0 Å². The van der Waals surface area contributed by atoms with Crippen LogP contribution in [0.1, 0.15) is 11.4 Å². The van der Waals surface area contributed by atoms with Gasteiger partial charge in [-0.25, -0.2) is 0 Å². The number of hydrogen-bond acceptors (Lipinski definition) is 5. The number of hydrogen-bond donors (Lipinski definition) is 0. The van der Waals surface area contributed by atoms with Gasteiger partial charge in [0, 0.05) is 13.1 Å². The number of halogens is 6. The smallest absolute Gasteiger partial charge is 0.301 e. The van der Waals surface area contributed by atoms with E-state index >= 15 is 0 Å². The van der Waals surface area contributed by atoms with Crippen LogP contribution in [-0.2, 0) is 19.4 Å². The third-order valence-electron chi connectivity index (χ3n) is 2.77. The van der Waals surface area contributed by atoms with Crippen LogP contribution in [-0.4, -0.2) is 19.7 Å². The molecule has 0 N–H and O–H groups in total. The van der Waals surface area contributed by atoms with Crippen LogP contribution in [0.25, 0.3) is 0 Å². The summed E-state index contributed by atoms with van der Waals surface area (Å²) in [5.41, 5.74) is -2.14. The van der Waals surface area contributed by atoms with Gasteiger partial charge in [0.05, 0.1) is 15.4 Å². The Morgan fingerprint density at radius 3 is 2.21 bits per heavy atom. The molecule has 0 fully saturated rings. The maximum Gasteiger partial charge on any atom is 0.451 e. The number of nitrogens with zero attached hydrogens (tertiary/aromatic N) is 4. The van der Waals surface area contributed by atoms with Crippen LogP contribution < -0.4 is 0 Å². The molecule has 130 valence electrons. The summed E-state index contributed by atoms with van der Waals surface area (Å²) in [6, 6.07) is 1.70. The highest BCUT2D eigenvalue weighted by molar-refractivity contribution is 7.99. The summed E-state index contributed by atoms with van der Waals surface area (Å²) in [5, 5.41) is 16.8. The molecule has 1 aromatic carbocycles. The van der Waals surface area contributed by atoms with E-state index < -0.39 is 34.4 Å². The van der Waals surface area contributed by atoms with Crippen LogP contribution in [0.3, 0.4) is 0 Å². The quantitative estimate of drug-likeness (QED) is 0.464. The molecule has 1 heterocycles. The number of nitro benzene ring substituents is 1. The molecule has 0 aliphatic rings. The zero-order chi connectivity index (χ0) is 18.3. The van der Waals surface area contributed by atoms with Gasteiger partial charge in [-0.15, -0.1) is 10.2 Å². The fourth-order valence-corrected chi connectivity index (χ4v) is 2.55. The standard InChI is InChI=1S/C11H6F6N4O2S/c1-20-8(11(15,16)17)18-19-9(20)24-7-3-2-5(10(12,13)14)4-6(7)21(22)23/h2-4H,1H3. The van der Waals surface area contributed by atoms with Gasteiger partial charge in [-0.3, -0.25) is 10.1 Å². The second-order valence-electron chi connectivity index (χ2n) is 4.40. The molecule has 24 heavy (non-hydrogen) atoms. The Bertz CT molecular complexity index is 786. The van der Waals surface area contributed by atoms with E-state index in [0.717, 1.165) is 13.1 Å². The van der Waals surface area contributed by atoms with E-state index in [-0.39, 0.29) is 10.1 Å². The number of rotatable bonds is 3. The summed E-state index contributed by atoms with van der Waals surface area (Å²) in [6.07, 6.45) is -9.57. The third kappa shape index (κ3) is 3.60. The van der Waals surface area contributed by atoms with Gasteiger partial charge in [-0.2, -0.15) is 26.3 Å². The zero-order valence-electron chi connectivity index (χ0n) is 11.5. The van der Waals surface area contributed by atoms with Crippen molar-refractivity contribution in [2.45, 2.75) is 22.4 Å². The molecule has 1 aromatic heterocycles. The first-order valence-corrected chi connectivity index (χ1v) is 6.73. The van der Waals surface area contributed by atoms with Gasteiger partial charge in [0.25, 0.3) is 5.69 Å². The van der Waals surface area contributed by atoms with Crippen LogP contribution in [0.5, 0.6) is 0 Å². The second-order valence-corrected chi connectivity index (χ2v) is 5.41. The van der Waals surface area contributed by atoms with Crippen LogP contribution in [0.2, 0.25) is 0 Å². The lowest BCUT2D eigenvalue weighted by Crippen LogP contribution is -2.13. The van der Waals surface area contributed by atoms with Crippen LogP contribution in [0, 0.1) is 10.1 Å². The van der Waals surface area contributed by atoms with Crippen molar-refractivity contribution in [1.29, 1.82) is 0 Å². The fourth-order valence-electron chi connectivity index (χ4n) is 1.67. The molecule has 0 saturated carbocycles. The summed E-state index contributed by atoms with van der Waals surface area (Å²) in [4.78, 5) is 9.59. The summed E-state index contributed by atoms with van der Waals surface area (Å²) >= 11 is 0.406. The van der Waals surface area contributed by atoms with Crippen LogP contribution in [0.4, 0.5) is 32.0 Å². The Morgan fingerprint density at radius 2 is 1.75 bits per heavy atom. The van der Waals surface area contributed by atoms with Crippen molar-refractivity contribution in [2.75, 3.05) is 0 Å². The minimum Gasteiger partial charge on any atom is -0.301 e. The monoisotopic (exact) mass is 372 g/mol. The van der Waals surface area contributed by atoms with Gasteiger partial charge in [0.2, 0.25) is 5.82 Å². The second kappa shape index (κ2) is 5.96. The van der Waals surface area contributed by atoms with Gasteiger partial charge in [-0.05, 0) is 23.9 Å². The van der Waals surface area contributed by atoms with Crippen molar-refractivity contribution in [2.24, 2.45) is 7.05 Å². The van der Waals surface area contributed by atoms with E-state index in [9.17, 15) is 36.5 Å². The average Bonchev–Trinajstić information content (AvgIpc) is 2.79. The minimum absolute atomic E-state index is 0.294. The van der Waals surface area contributed by atoms with E-state index in [0.29, 0.717) is 28.5 Å². The molecule has 0 amide bonds. The van der Waals surface area contributed by atoms with Gasteiger partial charge in [-0.1, -0.05) is 0 Å². The molecule has 0 radical (unpaired) electrons. The normalized spacial score (nSPS) is 12.5. The van der Waals surface area contributed by atoms with Crippen molar-refractivity contribution in [3.05, 3.63) is 39.7 Å². The molecule has 2 aromatic rings. The molecule has 6 nitrogen and oxygen atoms in total. The Hall–Kier alpha value is -2.31. The van der Waals surface area contributed by atoms with E-state index in [2.05, 4.69) is 10.2 Å². The topological polar surface area (TPSA) is 73.8 Å². The highest BCUT2D eigenvalue weighted by Crippen LogP contribution is 2.39. The maximum absolute atomic E-state index is 12.6. The molecular weight excluding hydrogens is 366 g/mol. The zero-order valence-corrected chi connectivity index (χ0v) is 12.3. The van der Waals surface area contributed by atoms with Gasteiger partial charge < -0.3 is 4.57 Å². The van der Waals surface area contributed by atoms with Gasteiger partial charge in [0.1, 0.15) is 0 Å². The van der Waals surface area contributed by atoms with E-state index in [1.165, 1.54) is 0 Å². The number of benzene rings is 1. The summed E-state index contributed by atoms with van der Waals surface area (Å²) < 4.78 is 76.3. The molecule has 2 rings (SSSR count). The summed E-state index contributed by atoms with van der Waals surface area (Å²) in [6.45, 7) is 0. The Kier molecular flexibility index (Phi) is 4.48. The molecule has 0 bridgehead atoms. The molecular formula is C11H6F6N4O2S. The molecule has 0 unspecified atom stereocenters. The predicted octanol–water partition coefficient (Wildman–Crippen LogP) is 3.91. The highest BCUT2D eigenvalue weighted by atomic mass is 32.2. The molecule has 0 aliphatic heterocycles. The number of alkyl halides is 6. The molecule has 0 saturated heterocycles. The first-order valence-electron chi connectivity index (χ1n) is 5.91. The van der Waals surface area contributed by atoms with Crippen LogP contribution >= 0.6 is 11.8 Å². The average molecular weight is 372 g/mol. The first-order chi connectivity index (χ1) is 10.9. The molecule has 0 aliphatic carbocycles. The van der Waals surface area contributed by atoms with Gasteiger partial charge in [0.15, 0.2) is 5.16 Å². The lowest BCUT2D eigenvalue weighted by Gasteiger charge is -2.09. The van der Waals surface area contributed by atoms with E-state index in [1.807, 2.05) is 0 Å². The van der Waals surface area contributed by atoms with E-state index in [4.69, 9.17) is 0 Å². The molecule has 0 spiro atoms. The van der Waals surface area contributed by atoms with Crippen molar-refractivity contribution < 1.29 is 31.3 Å². The third-order valence-corrected chi connectivity index (χ3v) is 3.88. The van der Waals surface area contributed by atoms with Gasteiger partial charge >= 0.3 is 12.4 Å². The largest absolute Gasteiger partial charge is 0.451 e. The summed E-state index contributed by atoms with van der Waals surface area (Å²) in [7, 11) is 0.987. The Morgan fingerprint density at radius 1 is 1.12 bits per heavy atom. The maximum atomic E-state index is 12.6. The van der Waals surface area contributed by atoms with Crippen molar-refractivity contribution in [1.82, 2.24) is 14.8 Å². The number of nitro groups is 1. The number of aromatic nitrogens is 3. The lowest BCUT2D eigenvalue weighted by molar-refractivity contribution is -0.388. The predicted molar refractivity (Wildman–Crippen MR) is 68.2 cm³/mol. The molecule has 0 atom stereocenters. The highest BCUT2D eigenvalue weighted by Gasteiger charge is 2.38. The van der Waals surface area contributed by atoms with Crippen molar-refractivity contribution in [3.8, 4) is 0 Å². The minimum atomic E-state index is -4.79. The van der Waals surface area contributed by atoms with Crippen molar-refractivity contribution >= 4 is 17.4 Å². The van der Waals surface area contributed by atoms with E-state index in [1.54, 1.807) is 0 Å². The lowest BCUT2D eigenvalue weighted by atomic mass is 10.2. The summed E-state index contributed by atoms with van der Waals surface area (Å²) in [5.74, 6) is -1.33. The Labute approximate surface area is 133 Å². The fraction of sp³-hybridized carbons (Fsp3) is 0.273. The first kappa shape index (κ1) is 18.0.